The molecule has 2 atom stereocenters. The Morgan fingerprint density at radius 1 is 1.10 bits per heavy atom. The molecule has 7 nitrogen and oxygen atoms in total. The smallest absolute Gasteiger partial charge is 0.320 e. The van der Waals surface area contributed by atoms with Crippen LogP contribution in [-0.4, -0.2) is 79.8 Å². The van der Waals surface area contributed by atoms with Gasteiger partial charge in [-0.2, -0.15) is 0 Å². The number of nitrogens with zero attached hydrogens (tertiary/aromatic N) is 2. The van der Waals surface area contributed by atoms with Gasteiger partial charge >= 0.3 is 11.9 Å². The molecule has 1 aliphatic heterocycles. The fraction of sp³-hybridized carbons (Fsp3) is 0.478. The molecular weight excluding hydrogens is 384 g/mol. The lowest BCUT2D eigenvalue weighted by Gasteiger charge is -2.34. The maximum absolute atomic E-state index is 12.5. The molecular formula is C23H30N2O5. The number of methoxy groups -OCH3 is 1. The van der Waals surface area contributed by atoms with Crippen molar-refractivity contribution in [1.82, 2.24) is 9.80 Å². The Balaban J connectivity index is 1.78. The summed E-state index contributed by atoms with van der Waals surface area (Å²) in [5.41, 5.74) is -0.779. The first-order chi connectivity index (χ1) is 14.2. The summed E-state index contributed by atoms with van der Waals surface area (Å²) in [5, 5.41) is 11.9. The Labute approximate surface area is 177 Å². The van der Waals surface area contributed by atoms with Crippen LogP contribution in [0, 0.1) is 0 Å². The molecule has 1 fully saturated rings. The molecule has 0 saturated carbocycles. The van der Waals surface area contributed by atoms with Gasteiger partial charge in [-0.05, 0) is 55.4 Å². The van der Waals surface area contributed by atoms with E-state index in [1.54, 1.807) is 27.0 Å². The number of carbonyl (C=O) groups excluding carboxylic acids is 1. The van der Waals surface area contributed by atoms with Gasteiger partial charge in [0.15, 0.2) is 0 Å². The van der Waals surface area contributed by atoms with Gasteiger partial charge in [-0.15, -0.1) is 0 Å². The second-order valence-corrected chi connectivity index (χ2v) is 8.15. The number of piperazine rings is 1. The van der Waals surface area contributed by atoms with Crippen molar-refractivity contribution < 1.29 is 24.2 Å². The number of carboxylic acids is 1. The zero-order chi connectivity index (χ0) is 21.9. The van der Waals surface area contributed by atoms with E-state index in [0.29, 0.717) is 5.56 Å². The molecule has 2 aromatic carbocycles. The summed E-state index contributed by atoms with van der Waals surface area (Å²) < 4.78 is 10.9. The first-order valence-corrected chi connectivity index (χ1v) is 10.2. The molecule has 1 saturated heterocycles. The normalized spacial score (nSPS) is 18.5. The maximum atomic E-state index is 12.5. The number of carbonyl (C=O) groups is 2. The van der Waals surface area contributed by atoms with Crippen LogP contribution < -0.4 is 4.74 Å². The highest BCUT2D eigenvalue weighted by Crippen LogP contribution is 2.33. The molecule has 7 heteroatoms. The standard InChI is InChI=1S/C23H30N2O5/c1-16(30-21(26)15-25-11-9-24(3)10-12-25)23(2,22(27)28)19-7-5-18-14-20(29-4)8-6-17(18)13-19/h5-8,13-14,16H,9-12,15H2,1-4H3,(H,27,28). The third-order valence-electron chi connectivity index (χ3n) is 6.16. The molecule has 0 amide bonds. The highest BCUT2D eigenvalue weighted by molar-refractivity contribution is 5.88. The van der Waals surface area contributed by atoms with Gasteiger partial charge in [-0.25, -0.2) is 0 Å². The van der Waals surface area contributed by atoms with Crippen molar-refractivity contribution in [2.45, 2.75) is 25.4 Å². The van der Waals surface area contributed by atoms with Crippen molar-refractivity contribution in [1.29, 1.82) is 0 Å². The van der Waals surface area contributed by atoms with Crippen LogP contribution in [0.25, 0.3) is 10.8 Å². The SMILES string of the molecule is COc1ccc2cc(C(C)(C(=O)O)C(C)OC(=O)CN3CCN(C)CC3)ccc2c1. The molecule has 0 aliphatic carbocycles. The lowest BCUT2D eigenvalue weighted by Crippen LogP contribution is -2.49. The molecule has 1 heterocycles. The lowest BCUT2D eigenvalue weighted by molar-refractivity contribution is -0.160. The first-order valence-electron chi connectivity index (χ1n) is 10.2. The van der Waals surface area contributed by atoms with Crippen LogP contribution in [-0.2, 0) is 19.7 Å². The predicted octanol–water partition coefficient (Wildman–Crippen LogP) is 2.37. The van der Waals surface area contributed by atoms with Crippen molar-refractivity contribution in [2.75, 3.05) is 46.9 Å². The van der Waals surface area contributed by atoms with Gasteiger partial charge in [0.2, 0.25) is 0 Å². The van der Waals surface area contributed by atoms with E-state index < -0.39 is 23.5 Å². The van der Waals surface area contributed by atoms with Crippen LogP contribution in [0.15, 0.2) is 36.4 Å². The topological polar surface area (TPSA) is 79.3 Å². The molecule has 2 aromatic rings. The minimum Gasteiger partial charge on any atom is -0.497 e. The van der Waals surface area contributed by atoms with E-state index in [1.165, 1.54) is 0 Å². The number of likely N-dealkylation sites (N-methyl/N-ethyl adjacent to an activating group) is 1. The largest absolute Gasteiger partial charge is 0.497 e. The Hall–Kier alpha value is -2.64. The minimum absolute atomic E-state index is 0.172. The van der Waals surface area contributed by atoms with Gasteiger partial charge in [0.1, 0.15) is 17.3 Å². The van der Waals surface area contributed by atoms with E-state index in [-0.39, 0.29) is 6.54 Å². The summed E-state index contributed by atoms with van der Waals surface area (Å²) in [6.07, 6.45) is -0.828. The minimum atomic E-state index is -1.37. The number of fused-ring (bicyclic) bond motifs is 1. The third-order valence-corrected chi connectivity index (χ3v) is 6.16. The second kappa shape index (κ2) is 9.02. The highest BCUT2D eigenvalue weighted by atomic mass is 16.5. The molecule has 3 rings (SSSR count). The van der Waals surface area contributed by atoms with E-state index in [9.17, 15) is 14.7 Å². The van der Waals surface area contributed by atoms with E-state index in [2.05, 4.69) is 11.9 Å². The zero-order valence-corrected chi connectivity index (χ0v) is 18.1. The lowest BCUT2D eigenvalue weighted by atomic mass is 9.77. The monoisotopic (exact) mass is 414 g/mol. The molecule has 1 aliphatic rings. The summed E-state index contributed by atoms with van der Waals surface area (Å²) in [6, 6.07) is 11.1. The third kappa shape index (κ3) is 4.57. The summed E-state index contributed by atoms with van der Waals surface area (Å²) in [4.78, 5) is 29.0. The highest BCUT2D eigenvalue weighted by Gasteiger charge is 2.43. The van der Waals surface area contributed by atoms with Gasteiger partial charge in [0.05, 0.1) is 13.7 Å². The van der Waals surface area contributed by atoms with E-state index >= 15 is 0 Å². The molecule has 162 valence electrons. The molecule has 0 radical (unpaired) electrons. The number of carboxylic acid groups (broad SMARTS) is 1. The van der Waals surface area contributed by atoms with Gasteiger partial charge < -0.3 is 19.5 Å². The quantitative estimate of drug-likeness (QED) is 0.697. The maximum Gasteiger partial charge on any atom is 0.320 e. The number of hydrogen-bond acceptors (Lipinski definition) is 6. The van der Waals surface area contributed by atoms with Crippen LogP contribution in [0.5, 0.6) is 5.75 Å². The first kappa shape index (κ1) is 22.1. The Bertz CT molecular complexity index is 923. The van der Waals surface area contributed by atoms with Gasteiger partial charge in [-0.3, -0.25) is 14.5 Å². The Kier molecular flexibility index (Phi) is 6.63. The number of ether oxygens (including phenoxy) is 2. The van der Waals surface area contributed by atoms with E-state index in [0.717, 1.165) is 42.7 Å². The van der Waals surface area contributed by atoms with Crippen molar-refractivity contribution in [2.24, 2.45) is 0 Å². The van der Waals surface area contributed by atoms with Gasteiger partial charge in [-0.1, -0.05) is 18.2 Å². The van der Waals surface area contributed by atoms with Crippen molar-refractivity contribution in [3.8, 4) is 5.75 Å². The average Bonchev–Trinajstić information content (AvgIpc) is 2.73. The van der Waals surface area contributed by atoms with Crippen molar-refractivity contribution in [3.05, 3.63) is 42.0 Å². The molecule has 2 unspecified atom stereocenters. The van der Waals surface area contributed by atoms with Crippen LogP contribution in [0.4, 0.5) is 0 Å². The average molecular weight is 415 g/mol. The van der Waals surface area contributed by atoms with Crippen LogP contribution in [0.1, 0.15) is 19.4 Å². The second-order valence-electron chi connectivity index (χ2n) is 8.15. The van der Waals surface area contributed by atoms with Crippen LogP contribution >= 0.6 is 0 Å². The fourth-order valence-electron chi connectivity index (χ4n) is 3.75. The summed E-state index contributed by atoms with van der Waals surface area (Å²) in [6.45, 7) is 6.82. The zero-order valence-electron chi connectivity index (χ0n) is 18.1. The number of aliphatic carboxylic acids is 1. The summed E-state index contributed by atoms with van der Waals surface area (Å²) in [5.74, 6) is -0.692. The Morgan fingerprint density at radius 3 is 2.37 bits per heavy atom. The van der Waals surface area contributed by atoms with E-state index in [4.69, 9.17) is 9.47 Å². The molecule has 30 heavy (non-hydrogen) atoms. The van der Waals surface area contributed by atoms with Crippen LogP contribution in [0.3, 0.4) is 0 Å². The molecule has 0 bridgehead atoms. The Morgan fingerprint density at radius 2 is 1.73 bits per heavy atom. The number of benzene rings is 2. The fourth-order valence-corrected chi connectivity index (χ4v) is 3.75. The van der Waals surface area contributed by atoms with Crippen molar-refractivity contribution >= 4 is 22.7 Å². The molecule has 1 N–H and O–H groups in total. The summed E-state index contributed by atoms with van der Waals surface area (Å²) >= 11 is 0. The van der Waals surface area contributed by atoms with Crippen LogP contribution in [0.2, 0.25) is 0 Å². The van der Waals surface area contributed by atoms with Gasteiger partial charge in [0, 0.05) is 26.2 Å². The predicted molar refractivity (Wildman–Crippen MR) is 115 cm³/mol. The number of rotatable bonds is 7. The van der Waals surface area contributed by atoms with E-state index in [1.807, 2.05) is 35.2 Å². The molecule has 0 aromatic heterocycles. The number of esters is 1. The molecule has 0 spiro atoms. The number of hydrogen-bond donors (Lipinski definition) is 1. The van der Waals surface area contributed by atoms with Gasteiger partial charge in [0.25, 0.3) is 0 Å². The van der Waals surface area contributed by atoms with Crippen molar-refractivity contribution in [3.63, 3.8) is 0 Å². The summed E-state index contributed by atoms with van der Waals surface area (Å²) in [7, 11) is 3.66.